The molecule has 13 heteroatoms. The van der Waals surface area contributed by atoms with Gasteiger partial charge in [-0.2, -0.15) is 18.2 Å². The summed E-state index contributed by atoms with van der Waals surface area (Å²) in [5.74, 6) is 1.30. The zero-order chi connectivity index (χ0) is 25.3. The summed E-state index contributed by atoms with van der Waals surface area (Å²) in [4.78, 5) is 12.3. The molecule has 8 nitrogen and oxygen atoms in total. The average Bonchev–Trinajstić information content (AvgIpc) is 3.28. The van der Waals surface area contributed by atoms with Gasteiger partial charge in [-0.1, -0.05) is 29.3 Å². The molecule has 0 radical (unpaired) electrons. The molecule has 0 saturated heterocycles. The standard InChI is InChI=1S/C23H13Cl2F3N6O2/c24-17-3-2-15(8-16(17)23(26,27)28)36-19-4-1-13(7-18(19)25)11-35-20-5-6-34-21(32-33-22(34)31-20)14-9-29-12-30-10-14/h1-10,12H,11H2. The van der Waals surface area contributed by atoms with E-state index in [4.69, 9.17) is 32.7 Å². The van der Waals surface area contributed by atoms with E-state index in [1.54, 1.807) is 41.2 Å². The highest BCUT2D eigenvalue weighted by Crippen LogP contribution is 2.38. The van der Waals surface area contributed by atoms with E-state index < -0.39 is 16.8 Å². The lowest BCUT2D eigenvalue weighted by atomic mass is 10.2. The van der Waals surface area contributed by atoms with Crippen molar-refractivity contribution in [2.75, 3.05) is 0 Å². The molecule has 3 heterocycles. The minimum Gasteiger partial charge on any atom is -0.473 e. The van der Waals surface area contributed by atoms with Crippen molar-refractivity contribution >= 4 is 29.0 Å². The van der Waals surface area contributed by atoms with Crippen molar-refractivity contribution in [2.24, 2.45) is 0 Å². The maximum Gasteiger partial charge on any atom is 0.417 e. The Balaban J connectivity index is 1.28. The van der Waals surface area contributed by atoms with Crippen LogP contribution in [-0.4, -0.2) is 29.5 Å². The van der Waals surface area contributed by atoms with Gasteiger partial charge < -0.3 is 9.47 Å². The number of ether oxygens (including phenoxy) is 2. The van der Waals surface area contributed by atoms with Crippen molar-refractivity contribution in [1.29, 1.82) is 0 Å². The van der Waals surface area contributed by atoms with Crippen LogP contribution < -0.4 is 9.47 Å². The Bertz CT molecular complexity index is 1550. The summed E-state index contributed by atoms with van der Waals surface area (Å²) in [7, 11) is 0. The largest absolute Gasteiger partial charge is 0.473 e. The molecule has 0 unspecified atom stereocenters. The third-order valence-electron chi connectivity index (χ3n) is 4.93. The molecule has 0 aliphatic carbocycles. The predicted molar refractivity (Wildman–Crippen MR) is 124 cm³/mol. The minimum atomic E-state index is -4.61. The van der Waals surface area contributed by atoms with Gasteiger partial charge in [0.05, 0.1) is 21.2 Å². The Hall–Kier alpha value is -3.96. The van der Waals surface area contributed by atoms with Crippen LogP contribution in [0.1, 0.15) is 11.1 Å². The number of halogens is 5. The van der Waals surface area contributed by atoms with E-state index in [0.29, 0.717) is 28.6 Å². The summed E-state index contributed by atoms with van der Waals surface area (Å²) in [6.07, 6.45) is 1.76. The van der Waals surface area contributed by atoms with Gasteiger partial charge in [0, 0.05) is 24.7 Å². The normalized spacial score (nSPS) is 11.6. The van der Waals surface area contributed by atoms with Gasteiger partial charge >= 0.3 is 6.18 Å². The first-order chi connectivity index (χ1) is 17.3. The fourth-order valence-electron chi connectivity index (χ4n) is 3.25. The molecular formula is C23H13Cl2F3N6O2. The third kappa shape index (κ3) is 5.02. The van der Waals surface area contributed by atoms with Gasteiger partial charge in [0.2, 0.25) is 5.88 Å². The van der Waals surface area contributed by atoms with Crippen molar-refractivity contribution in [1.82, 2.24) is 29.5 Å². The Morgan fingerprint density at radius 1 is 0.917 bits per heavy atom. The van der Waals surface area contributed by atoms with E-state index >= 15 is 0 Å². The van der Waals surface area contributed by atoms with Crippen LogP contribution >= 0.6 is 23.2 Å². The van der Waals surface area contributed by atoms with Crippen LogP contribution in [0.4, 0.5) is 13.2 Å². The quantitative estimate of drug-likeness (QED) is 0.254. The van der Waals surface area contributed by atoms with Gasteiger partial charge in [0.25, 0.3) is 5.78 Å². The van der Waals surface area contributed by atoms with E-state index in [2.05, 4.69) is 25.1 Å². The summed E-state index contributed by atoms with van der Waals surface area (Å²) in [5.41, 5.74) is 0.375. The number of aromatic nitrogens is 6. The van der Waals surface area contributed by atoms with Gasteiger partial charge in [-0.15, -0.1) is 10.2 Å². The van der Waals surface area contributed by atoms with Crippen LogP contribution in [0.5, 0.6) is 17.4 Å². The number of alkyl halides is 3. The Labute approximate surface area is 211 Å². The van der Waals surface area contributed by atoms with E-state index in [-0.39, 0.29) is 23.1 Å². The summed E-state index contributed by atoms with van der Waals surface area (Å²) < 4.78 is 52.2. The third-order valence-corrected chi connectivity index (χ3v) is 5.55. The van der Waals surface area contributed by atoms with Crippen molar-refractivity contribution in [3.05, 3.63) is 88.6 Å². The average molecular weight is 533 g/mol. The molecule has 0 amide bonds. The zero-order valence-electron chi connectivity index (χ0n) is 17.9. The molecular weight excluding hydrogens is 520 g/mol. The van der Waals surface area contributed by atoms with Crippen LogP contribution in [0.25, 0.3) is 17.2 Å². The maximum absolute atomic E-state index is 13.1. The maximum atomic E-state index is 13.1. The minimum absolute atomic E-state index is 0.0510. The number of fused-ring (bicyclic) bond motifs is 1. The molecule has 36 heavy (non-hydrogen) atoms. The van der Waals surface area contributed by atoms with Gasteiger partial charge in [-0.3, -0.25) is 4.40 Å². The molecule has 0 aliphatic rings. The van der Waals surface area contributed by atoms with Crippen molar-refractivity contribution in [3.8, 4) is 28.8 Å². The number of rotatable bonds is 6. The summed E-state index contributed by atoms with van der Waals surface area (Å²) in [6.45, 7) is 0.121. The zero-order valence-corrected chi connectivity index (χ0v) is 19.5. The lowest BCUT2D eigenvalue weighted by molar-refractivity contribution is -0.137. The molecule has 5 rings (SSSR count). The van der Waals surface area contributed by atoms with E-state index in [1.165, 1.54) is 18.5 Å². The first-order valence-corrected chi connectivity index (χ1v) is 11.0. The van der Waals surface area contributed by atoms with E-state index in [1.807, 2.05) is 0 Å². The molecule has 3 aromatic heterocycles. The molecule has 0 spiro atoms. The van der Waals surface area contributed by atoms with Crippen LogP contribution in [0.2, 0.25) is 10.0 Å². The second-order valence-electron chi connectivity index (χ2n) is 7.38. The van der Waals surface area contributed by atoms with Crippen LogP contribution in [-0.2, 0) is 12.8 Å². The van der Waals surface area contributed by atoms with Gasteiger partial charge in [0.1, 0.15) is 24.4 Å². The molecule has 0 N–H and O–H groups in total. The monoisotopic (exact) mass is 532 g/mol. The summed E-state index contributed by atoms with van der Waals surface area (Å²) in [5, 5.41) is 7.94. The van der Waals surface area contributed by atoms with Gasteiger partial charge in [-0.25, -0.2) is 9.97 Å². The molecule has 0 atom stereocenters. The van der Waals surface area contributed by atoms with E-state index in [9.17, 15) is 13.2 Å². The molecule has 2 aromatic carbocycles. The number of benzene rings is 2. The molecule has 182 valence electrons. The fraction of sp³-hybridized carbons (Fsp3) is 0.0870. The van der Waals surface area contributed by atoms with Crippen molar-refractivity contribution in [2.45, 2.75) is 12.8 Å². The number of hydrogen-bond donors (Lipinski definition) is 0. The molecule has 5 aromatic rings. The SMILES string of the molecule is FC(F)(F)c1cc(Oc2ccc(COc3ccn4c(-c5cncnc5)nnc4n3)cc2Cl)ccc1Cl. The Kier molecular flexibility index (Phi) is 6.33. The molecule has 0 aliphatic heterocycles. The van der Waals surface area contributed by atoms with Gasteiger partial charge in [-0.05, 0) is 35.9 Å². The fourth-order valence-corrected chi connectivity index (χ4v) is 3.72. The summed E-state index contributed by atoms with van der Waals surface area (Å²) >= 11 is 11.9. The summed E-state index contributed by atoms with van der Waals surface area (Å²) in [6, 6.07) is 9.70. The number of hydrogen-bond acceptors (Lipinski definition) is 7. The highest BCUT2D eigenvalue weighted by Gasteiger charge is 2.33. The Morgan fingerprint density at radius 2 is 1.72 bits per heavy atom. The van der Waals surface area contributed by atoms with Crippen LogP contribution in [0, 0.1) is 0 Å². The lowest BCUT2D eigenvalue weighted by Crippen LogP contribution is -2.06. The Morgan fingerprint density at radius 3 is 2.47 bits per heavy atom. The topological polar surface area (TPSA) is 87.3 Å². The molecule has 0 fully saturated rings. The van der Waals surface area contributed by atoms with Crippen LogP contribution in [0.15, 0.2) is 67.4 Å². The van der Waals surface area contributed by atoms with E-state index in [0.717, 1.165) is 12.1 Å². The molecule has 0 saturated carbocycles. The van der Waals surface area contributed by atoms with Crippen molar-refractivity contribution < 1.29 is 22.6 Å². The second-order valence-corrected chi connectivity index (χ2v) is 8.20. The van der Waals surface area contributed by atoms with Gasteiger partial charge in [0.15, 0.2) is 5.82 Å². The smallest absolute Gasteiger partial charge is 0.417 e. The van der Waals surface area contributed by atoms with Crippen molar-refractivity contribution in [3.63, 3.8) is 0 Å². The second kappa shape index (κ2) is 9.59. The molecule has 0 bridgehead atoms. The highest BCUT2D eigenvalue weighted by molar-refractivity contribution is 6.32. The van der Waals surface area contributed by atoms with Crippen LogP contribution in [0.3, 0.4) is 0 Å². The lowest BCUT2D eigenvalue weighted by Gasteiger charge is -2.13. The highest BCUT2D eigenvalue weighted by atomic mass is 35.5. The number of nitrogens with zero attached hydrogens (tertiary/aromatic N) is 6. The first-order valence-electron chi connectivity index (χ1n) is 10.2. The predicted octanol–water partition coefficient (Wildman–Crippen LogP) is 6.28. The first kappa shape index (κ1) is 23.8.